The summed E-state index contributed by atoms with van der Waals surface area (Å²) in [4.78, 5) is 0. The Morgan fingerprint density at radius 3 is 1.57 bits per heavy atom. The van der Waals surface area contributed by atoms with Crippen LogP contribution in [0.25, 0.3) is 99.1 Å². The van der Waals surface area contributed by atoms with Crippen LogP contribution in [0.1, 0.15) is 12.3 Å². The summed E-state index contributed by atoms with van der Waals surface area (Å²) >= 11 is 0. The van der Waals surface area contributed by atoms with Crippen molar-refractivity contribution in [3.8, 4) is 55.6 Å². The summed E-state index contributed by atoms with van der Waals surface area (Å²) in [6.45, 7) is 0. The summed E-state index contributed by atoms with van der Waals surface area (Å²) in [6, 6.07) is 42.0. The Bertz CT molecular complexity index is 3320. The maximum atomic E-state index is 9.48. The minimum absolute atomic E-state index is 0.105. The zero-order chi connectivity index (χ0) is 41.6. The molecule has 0 saturated heterocycles. The lowest BCUT2D eigenvalue weighted by Crippen LogP contribution is -1.93. The molecule has 0 fully saturated rings. The van der Waals surface area contributed by atoms with E-state index in [4.69, 9.17) is 14.0 Å². The molecular formula is C50H32O. The highest BCUT2D eigenvalue weighted by Crippen LogP contribution is 2.48. The van der Waals surface area contributed by atoms with E-state index in [2.05, 4.69) is 0 Å². The highest BCUT2D eigenvalue weighted by molar-refractivity contribution is 6.26. The lowest BCUT2D eigenvalue weighted by atomic mass is 9.83. The molecule has 0 saturated carbocycles. The van der Waals surface area contributed by atoms with Crippen molar-refractivity contribution in [2.45, 2.75) is 0 Å². The van der Waals surface area contributed by atoms with E-state index in [1.165, 1.54) is 0 Å². The van der Waals surface area contributed by atoms with Gasteiger partial charge in [-0.25, -0.2) is 0 Å². The van der Waals surface area contributed by atoms with Gasteiger partial charge in [-0.1, -0.05) is 176 Å². The first-order valence-electron chi connectivity index (χ1n) is 21.3. The number of fused-ring (bicyclic) bond motifs is 5. The van der Waals surface area contributed by atoms with Gasteiger partial charge in [-0.05, 0) is 95.4 Å². The van der Waals surface area contributed by atoms with Gasteiger partial charge in [0.1, 0.15) is 11.2 Å². The Labute approximate surface area is 309 Å². The fraction of sp³-hybridized carbons (Fsp3) is 0. The number of rotatable bonds is 5. The summed E-state index contributed by atoms with van der Waals surface area (Å²) in [6.07, 6.45) is 0. The second-order valence-corrected chi connectivity index (χ2v) is 12.5. The van der Waals surface area contributed by atoms with Crippen molar-refractivity contribution in [1.29, 1.82) is 0 Å². The maximum Gasteiger partial charge on any atom is 0.136 e. The molecule has 0 atom stereocenters. The van der Waals surface area contributed by atoms with Crippen LogP contribution in [0.2, 0.25) is 0 Å². The number of hydrogen-bond donors (Lipinski definition) is 0. The molecule has 0 amide bonds. The second-order valence-electron chi connectivity index (χ2n) is 12.5. The van der Waals surface area contributed by atoms with Crippen molar-refractivity contribution >= 4 is 43.5 Å². The van der Waals surface area contributed by atoms with Crippen LogP contribution in [0.3, 0.4) is 0 Å². The molecule has 0 aliphatic rings. The summed E-state index contributed by atoms with van der Waals surface area (Å²) in [5.41, 5.74) is 7.67. The zero-order valence-corrected chi connectivity index (χ0v) is 27.2. The third kappa shape index (κ3) is 4.86. The van der Waals surface area contributed by atoms with Gasteiger partial charge in [-0.15, -0.1) is 0 Å². The van der Waals surface area contributed by atoms with Crippen LogP contribution in [0.4, 0.5) is 0 Å². The molecule has 1 aromatic heterocycles. The van der Waals surface area contributed by atoms with E-state index in [-0.39, 0.29) is 41.8 Å². The highest BCUT2D eigenvalue weighted by Gasteiger charge is 2.21. The van der Waals surface area contributed by atoms with E-state index in [0.29, 0.717) is 44.4 Å². The molecular weight excluding hydrogens is 617 g/mol. The quantitative estimate of drug-likeness (QED) is 0.168. The average molecular weight is 658 g/mol. The normalized spacial score (nSPS) is 14.0. The van der Waals surface area contributed by atoms with Gasteiger partial charge in [0, 0.05) is 10.8 Å². The van der Waals surface area contributed by atoms with Gasteiger partial charge < -0.3 is 4.42 Å². The largest absolute Gasteiger partial charge is 0.456 e. The molecule has 0 bridgehead atoms. The minimum Gasteiger partial charge on any atom is -0.456 e. The fourth-order valence-electron chi connectivity index (χ4n) is 7.45. The van der Waals surface area contributed by atoms with Gasteiger partial charge in [0.25, 0.3) is 0 Å². The van der Waals surface area contributed by atoms with Crippen molar-refractivity contribution in [2.75, 3.05) is 0 Å². The van der Waals surface area contributed by atoms with E-state index in [1.54, 1.807) is 12.1 Å². The van der Waals surface area contributed by atoms with Crippen LogP contribution in [-0.2, 0) is 0 Å². The third-order valence-electron chi connectivity index (χ3n) is 9.70. The average Bonchev–Trinajstić information content (AvgIpc) is 3.66. The predicted octanol–water partition coefficient (Wildman–Crippen LogP) is 14.2. The Kier molecular flexibility index (Phi) is 5.04. The van der Waals surface area contributed by atoms with Crippen molar-refractivity contribution in [3.63, 3.8) is 0 Å². The maximum absolute atomic E-state index is 9.48. The SMILES string of the molecule is [2H]c1c([2H])c([2H])c(-c2ccc3oc4cccc(-c5c6ccccc6c(-c6c([2H])c([2H])c([2H])c([2H])c6-c6ccc(-c7ccccc7)cc6)c6ccccc56)c4c3c2)c([2H])c1[2H]. The molecule has 9 aromatic carbocycles. The Hall–Kier alpha value is -6.70. The standard InChI is InChI=1S/C50H32O/c1-3-14-33(15-4-1)35-26-28-36(29-27-35)38-18-7-8-19-39(38)48-40-20-9-11-22-42(40)49(43-23-12-10-21-41(43)48)44-24-13-25-47-50(44)45-32-37(30-31-46(45)51-47)34-16-5-2-6-17-34/h1-32H/i2D,5D,6D,7D,8D,16D,17D,18D,19D. The van der Waals surface area contributed by atoms with Gasteiger partial charge in [0.15, 0.2) is 0 Å². The molecule has 10 aromatic rings. The fourth-order valence-corrected chi connectivity index (χ4v) is 7.45. The lowest BCUT2D eigenvalue weighted by molar-refractivity contribution is 0.669. The topological polar surface area (TPSA) is 13.1 Å². The highest BCUT2D eigenvalue weighted by atomic mass is 16.3. The number of hydrogen-bond acceptors (Lipinski definition) is 1. The van der Waals surface area contributed by atoms with Crippen molar-refractivity contribution in [2.24, 2.45) is 0 Å². The van der Waals surface area contributed by atoms with Gasteiger partial charge in [-0.3, -0.25) is 0 Å². The minimum atomic E-state index is -0.452. The Morgan fingerprint density at radius 2 is 0.882 bits per heavy atom. The first kappa shape index (κ1) is 21.4. The molecule has 238 valence electrons. The Morgan fingerprint density at radius 1 is 0.333 bits per heavy atom. The third-order valence-corrected chi connectivity index (χ3v) is 9.70. The zero-order valence-electron chi connectivity index (χ0n) is 36.2. The van der Waals surface area contributed by atoms with E-state index >= 15 is 0 Å². The summed E-state index contributed by atoms with van der Waals surface area (Å²) in [5.74, 6) is 0. The number of benzene rings is 9. The molecule has 0 aliphatic heterocycles. The number of furan rings is 1. The molecule has 0 aliphatic carbocycles. The van der Waals surface area contributed by atoms with E-state index in [0.717, 1.165) is 49.2 Å². The summed E-state index contributed by atoms with van der Waals surface area (Å²) < 4.78 is 85.0. The van der Waals surface area contributed by atoms with Crippen LogP contribution < -0.4 is 0 Å². The van der Waals surface area contributed by atoms with E-state index < -0.39 is 18.1 Å². The van der Waals surface area contributed by atoms with Crippen LogP contribution >= 0.6 is 0 Å². The monoisotopic (exact) mass is 657 g/mol. The molecule has 0 N–H and O–H groups in total. The first-order valence-corrected chi connectivity index (χ1v) is 16.8. The molecule has 0 spiro atoms. The first-order chi connectivity index (χ1) is 29.0. The van der Waals surface area contributed by atoms with Crippen molar-refractivity contribution in [3.05, 3.63) is 194 Å². The second kappa shape index (κ2) is 12.0. The molecule has 1 heteroatoms. The van der Waals surface area contributed by atoms with E-state index in [1.807, 2.05) is 127 Å². The van der Waals surface area contributed by atoms with Crippen LogP contribution in [0.5, 0.6) is 0 Å². The van der Waals surface area contributed by atoms with Crippen LogP contribution in [0.15, 0.2) is 198 Å². The lowest BCUT2D eigenvalue weighted by Gasteiger charge is -2.20. The van der Waals surface area contributed by atoms with Gasteiger partial charge >= 0.3 is 0 Å². The van der Waals surface area contributed by atoms with Crippen LogP contribution in [0, 0.1) is 0 Å². The predicted molar refractivity (Wildman–Crippen MR) is 216 cm³/mol. The smallest absolute Gasteiger partial charge is 0.136 e. The molecule has 0 radical (unpaired) electrons. The summed E-state index contributed by atoms with van der Waals surface area (Å²) in [7, 11) is 0. The summed E-state index contributed by atoms with van der Waals surface area (Å²) in [5, 5.41) is 4.79. The molecule has 0 unspecified atom stereocenters. The van der Waals surface area contributed by atoms with Gasteiger partial charge in [0.2, 0.25) is 0 Å². The van der Waals surface area contributed by atoms with Gasteiger partial charge in [-0.2, -0.15) is 0 Å². The van der Waals surface area contributed by atoms with Crippen molar-refractivity contribution < 1.29 is 16.8 Å². The van der Waals surface area contributed by atoms with E-state index in [9.17, 15) is 2.74 Å². The molecule has 10 rings (SSSR count). The molecule has 1 heterocycles. The van der Waals surface area contributed by atoms with Crippen LogP contribution in [-0.4, -0.2) is 0 Å². The Balaban J connectivity index is 1.27. The molecule has 1 nitrogen and oxygen atoms in total. The van der Waals surface area contributed by atoms with Crippen molar-refractivity contribution in [1.82, 2.24) is 0 Å². The molecule has 51 heavy (non-hydrogen) atoms. The van der Waals surface area contributed by atoms with Gasteiger partial charge in [0.05, 0.1) is 12.3 Å².